The van der Waals surface area contributed by atoms with E-state index in [9.17, 15) is 13.2 Å². The molecule has 1 amide bonds. The molecule has 0 bridgehead atoms. The Morgan fingerprint density at radius 2 is 1.69 bits per heavy atom. The monoisotopic (exact) mass is 530 g/mol. The molecule has 0 saturated carbocycles. The van der Waals surface area contributed by atoms with Crippen molar-refractivity contribution in [2.24, 2.45) is 5.10 Å². The molecule has 0 aliphatic heterocycles. The highest BCUT2D eigenvalue weighted by Crippen LogP contribution is 2.29. The normalized spacial score (nSPS) is 11.3. The smallest absolute Gasteiger partial charge is 0.339 e. The van der Waals surface area contributed by atoms with Crippen molar-refractivity contribution in [2.75, 3.05) is 13.2 Å². The van der Waals surface area contributed by atoms with Crippen LogP contribution in [0.4, 0.5) is 0 Å². The lowest BCUT2D eigenvalue weighted by molar-refractivity contribution is 0.0954. The zero-order chi connectivity index (χ0) is 26.1. The molecule has 1 N–H and O–H groups in total. The van der Waals surface area contributed by atoms with Crippen molar-refractivity contribution in [3.05, 3.63) is 82.4 Å². The van der Waals surface area contributed by atoms with Gasteiger partial charge in [0.05, 0.1) is 19.4 Å². The summed E-state index contributed by atoms with van der Waals surface area (Å²) in [5.74, 6) is 0.517. The first-order valence-corrected chi connectivity index (χ1v) is 13.1. The van der Waals surface area contributed by atoms with Gasteiger partial charge in [0.25, 0.3) is 5.91 Å². The van der Waals surface area contributed by atoms with Crippen LogP contribution in [0.3, 0.4) is 0 Å². The van der Waals surface area contributed by atoms with E-state index in [0.717, 1.165) is 12.0 Å². The maximum absolute atomic E-state index is 12.7. The Kier molecular flexibility index (Phi) is 9.32. The summed E-state index contributed by atoms with van der Waals surface area (Å²) in [5, 5.41) is 4.29. The second-order valence-electron chi connectivity index (χ2n) is 7.67. The first-order valence-electron chi connectivity index (χ1n) is 11.3. The van der Waals surface area contributed by atoms with E-state index in [1.165, 1.54) is 36.5 Å². The Morgan fingerprint density at radius 3 is 2.39 bits per heavy atom. The third-order valence-corrected chi connectivity index (χ3v) is 6.30. The summed E-state index contributed by atoms with van der Waals surface area (Å²) in [7, 11) is -4.09. The molecule has 3 aromatic carbocycles. The molecular formula is C26H27ClN2O6S. The average Bonchev–Trinajstić information content (AvgIpc) is 2.85. The summed E-state index contributed by atoms with van der Waals surface area (Å²) < 4.78 is 42.0. The largest absolute Gasteiger partial charge is 0.490 e. The predicted octanol–water partition coefficient (Wildman–Crippen LogP) is 5.37. The number of nitrogens with one attached hydrogen (secondary N) is 1. The highest BCUT2D eigenvalue weighted by molar-refractivity contribution is 7.87. The van der Waals surface area contributed by atoms with Gasteiger partial charge in [0, 0.05) is 16.1 Å². The van der Waals surface area contributed by atoms with Crippen LogP contribution in [0.25, 0.3) is 0 Å². The zero-order valence-electron chi connectivity index (χ0n) is 20.2. The summed E-state index contributed by atoms with van der Waals surface area (Å²) in [6.07, 6.45) is 2.09. The van der Waals surface area contributed by atoms with Gasteiger partial charge < -0.3 is 13.7 Å². The molecule has 0 radical (unpaired) electrons. The van der Waals surface area contributed by atoms with E-state index >= 15 is 0 Å². The van der Waals surface area contributed by atoms with E-state index < -0.39 is 16.0 Å². The van der Waals surface area contributed by atoms with Gasteiger partial charge >= 0.3 is 10.1 Å². The number of aryl methyl sites for hydroxylation is 1. The Labute approximate surface area is 216 Å². The first kappa shape index (κ1) is 27.0. The number of halogens is 1. The lowest BCUT2D eigenvalue weighted by Crippen LogP contribution is -2.18. The summed E-state index contributed by atoms with van der Waals surface area (Å²) >= 11 is 6.08. The standard InChI is InChI=1S/C26H27ClN2O6S/c1-4-14-34-24-12-8-19(16-25(24)33-5-2)26(30)29-28-17-20-15-21(27)9-13-23(20)35-36(31,32)22-10-6-18(3)7-11-22/h6-13,15-17H,4-5,14H2,1-3H3,(H,29,30)/b28-17+. The second-order valence-corrected chi connectivity index (χ2v) is 9.66. The third kappa shape index (κ3) is 7.22. The number of amides is 1. The van der Waals surface area contributed by atoms with Gasteiger partial charge in [0.1, 0.15) is 4.90 Å². The Bertz CT molecular complexity index is 1340. The average molecular weight is 531 g/mol. The Morgan fingerprint density at radius 1 is 0.972 bits per heavy atom. The molecule has 3 aromatic rings. The van der Waals surface area contributed by atoms with Gasteiger partial charge in [0.2, 0.25) is 0 Å². The fourth-order valence-corrected chi connectivity index (χ4v) is 4.18. The van der Waals surface area contributed by atoms with Gasteiger partial charge in [-0.15, -0.1) is 0 Å². The van der Waals surface area contributed by atoms with Crippen LogP contribution in [0.2, 0.25) is 5.02 Å². The molecule has 8 nitrogen and oxygen atoms in total. The maximum Gasteiger partial charge on any atom is 0.339 e. The summed E-state index contributed by atoms with van der Waals surface area (Å²) in [4.78, 5) is 12.6. The predicted molar refractivity (Wildman–Crippen MR) is 139 cm³/mol. The molecule has 3 rings (SSSR count). The molecule has 0 atom stereocenters. The summed E-state index contributed by atoms with van der Waals surface area (Å²) in [5.41, 5.74) is 3.90. The van der Waals surface area contributed by atoms with Crippen LogP contribution in [-0.4, -0.2) is 33.8 Å². The molecule has 0 heterocycles. The molecule has 36 heavy (non-hydrogen) atoms. The molecule has 0 aliphatic carbocycles. The molecule has 0 unspecified atom stereocenters. The molecule has 0 spiro atoms. The van der Waals surface area contributed by atoms with Gasteiger partial charge in [-0.1, -0.05) is 36.2 Å². The minimum Gasteiger partial charge on any atom is -0.490 e. The van der Waals surface area contributed by atoms with Gasteiger partial charge in [-0.3, -0.25) is 4.79 Å². The fourth-order valence-electron chi connectivity index (χ4n) is 3.04. The van der Waals surface area contributed by atoms with Crippen LogP contribution in [0.1, 0.15) is 41.8 Å². The molecule has 0 saturated heterocycles. The first-order chi connectivity index (χ1) is 17.2. The van der Waals surface area contributed by atoms with E-state index in [-0.39, 0.29) is 16.2 Å². The molecule has 0 fully saturated rings. The summed E-state index contributed by atoms with van der Waals surface area (Å²) in [6, 6.07) is 15.5. The lowest BCUT2D eigenvalue weighted by atomic mass is 10.2. The van der Waals surface area contributed by atoms with Crippen molar-refractivity contribution in [1.29, 1.82) is 0 Å². The number of carbonyl (C=O) groups is 1. The van der Waals surface area contributed by atoms with Crippen molar-refractivity contribution in [2.45, 2.75) is 32.1 Å². The number of hydrazone groups is 1. The summed E-state index contributed by atoms with van der Waals surface area (Å²) in [6.45, 7) is 6.62. The highest BCUT2D eigenvalue weighted by Gasteiger charge is 2.18. The number of hydrogen-bond donors (Lipinski definition) is 1. The SMILES string of the molecule is CCCOc1ccc(C(=O)N/N=C/c2cc(Cl)ccc2OS(=O)(=O)c2ccc(C)cc2)cc1OCC. The zero-order valence-corrected chi connectivity index (χ0v) is 21.7. The minimum absolute atomic E-state index is 0.00836. The number of carbonyl (C=O) groups excluding carboxylic acids is 1. The van der Waals surface area contributed by atoms with Crippen molar-refractivity contribution in [3.8, 4) is 17.2 Å². The van der Waals surface area contributed by atoms with Crippen LogP contribution >= 0.6 is 11.6 Å². The quantitative estimate of drug-likeness (QED) is 0.203. The third-order valence-electron chi connectivity index (χ3n) is 4.82. The molecule has 190 valence electrons. The van der Waals surface area contributed by atoms with Crippen LogP contribution in [-0.2, 0) is 10.1 Å². The van der Waals surface area contributed by atoms with Crippen molar-refractivity contribution < 1.29 is 26.9 Å². The van der Waals surface area contributed by atoms with Crippen LogP contribution < -0.4 is 19.1 Å². The van der Waals surface area contributed by atoms with E-state index in [2.05, 4.69) is 10.5 Å². The van der Waals surface area contributed by atoms with Gasteiger partial charge in [-0.25, -0.2) is 5.43 Å². The van der Waals surface area contributed by atoms with Gasteiger partial charge in [0.15, 0.2) is 17.2 Å². The molecule has 0 aliphatic rings. The van der Waals surface area contributed by atoms with Gasteiger partial charge in [-0.05, 0) is 68.8 Å². The number of hydrogen-bond acceptors (Lipinski definition) is 7. The number of rotatable bonds is 11. The van der Waals surface area contributed by atoms with Crippen LogP contribution in [0, 0.1) is 6.92 Å². The van der Waals surface area contributed by atoms with E-state index in [4.69, 9.17) is 25.3 Å². The number of nitrogens with zero attached hydrogens (tertiary/aromatic N) is 1. The van der Waals surface area contributed by atoms with Crippen molar-refractivity contribution in [1.82, 2.24) is 5.43 Å². The molecule has 0 aromatic heterocycles. The Hall–Kier alpha value is -3.56. The van der Waals surface area contributed by atoms with Crippen LogP contribution in [0.5, 0.6) is 17.2 Å². The lowest BCUT2D eigenvalue weighted by Gasteiger charge is -2.12. The topological polar surface area (TPSA) is 103 Å². The van der Waals surface area contributed by atoms with Gasteiger partial charge in [-0.2, -0.15) is 13.5 Å². The number of ether oxygens (including phenoxy) is 2. The fraction of sp³-hybridized carbons (Fsp3) is 0.231. The maximum atomic E-state index is 12.7. The number of benzene rings is 3. The van der Waals surface area contributed by atoms with E-state index in [1.54, 1.807) is 30.3 Å². The Balaban J connectivity index is 1.77. The van der Waals surface area contributed by atoms with Crippen molar-refractivity contribution >= 4 is 33.8 Å². The minimum atomic E-state index is -4.09. The highest BCUT2D eigenvalue weighted by atomic mass is 35.5. The second kappa shape index (κ2) is 12.4. The van der Waals surface area contributed by atoms with Crippen molar-refractivity contribution in [3.63, 3.8) is 0 Å². The van der Waals surface area contributed by atoms with E-state index in [1.807, 2.05) is 20.8 Å². The molecule has 10 heteroatoms. The van der Waals surface area contributed by atoms with E-state index in [0.29, 0.717) is 35.3 Å². The molecular weight excluding hydrogens is 504 g/mol. The van der Waals surface area contributed by atoms with Crippen LogP contribution in [0.15, 0.2) is 70.7 Å².